The molecule has 0 fully saturated rings. The first-order chi connectivity index (χ1) is 13.2. The molecule has 9 heteroatoms. The van der Waals surface area contributed by atoms with Gasteiger partial charge >= 0.3 is 6.18 Å². The summed E-state index contributed by atoms with van der Waals surface area (Å²) in [4.78, 5) is 12.3. The van der Waals surface area contributed by atoms with Gasteiger partial charge in [-0.25, -0.2) is 8.78 Å². The molecule has 0 bridgehead atoms. The molecule has 1 aromatic heterocycles. The van der Waals surface area contributed by atoms with Crippen LogP contribution in [0.5, 0.6) is 0 Å². The predicted octanol–water partition coefficient (Wildman–Crippen LogP) is 4.26. The lowest BCUT2D eigenvalue weighted by Gasteiger charge is -2.15. The maximum absolute atomic E-state index is 14.2. The van der Waals surface area contributed by atoms with Crippen LogP contribution in [0.1, 0.15) is 16.7 Å². The average Bonchev–Trinajstić information content (AvgIpc) is 2.64. The molecule has 0 radical (unpaired) electrons. The van der Waals surface area contributed by atoms with Crippen molar-refractivity contribution in [1.82, 2.24) is 4.57 Å². The summed E-state index contributed by atoms with van der Waals surface area (Å²) in [5.74, 6) is -1.80. The Morgan fingerprint density at radius 3 is 2.43 bits per heavy atom. The van der Waals surface area contributed by atoms with Crippen molar-refractivity contribution in [3.63, 3.8) is 0 Å². The lowest BCUT2D eigenvalue weighted by molar-refractivity contribution is -0.137. The Morgan fingerprint density at radius 2 is 1.86 bits per heavy atom. The molecule has 0 saturated carbocycles. The maximum atomic E-state index is 14.2. The third-order valence-corrected chi connectivity index (χ3v) is 4.28. The molecule has 2 aromatic carbocycles. The first-order valence-corrected chi connectivity index (χ1v) is 7.96. The number of hydrogen-bond acceptors (Lipinski definition) is 3. The number of nitrogens with one attached hydrogen (secondary N) is 1. The van der Waals surface area contributed by atoms with Crippen LogP contribution in [0.15, 0.2) is 41.3 Å². The molecule has 0 spiro atoms. The molecular formula is C19H12F5N3O. The van der Waals surface area contributed by atoms with Crippen molar-refractivity contribution < 1.29 is 22.0 Å². The first-order valence-electron chi connectivity index (χ1n) is 7.96. The molecule has 28 heavy (non-hydrogen) atoms. The minimum Gasteiger partial charge on any atom is -0.386 e. The van der Waals surface area contributed by atoms with E-state index in [4.69, 9.17) is 5.26 Å². The Morgan fingerprint density at radius 1 is 1.14 bits per heavy atom. The van der Waals surface area contributed by atoms with E-state index in [1.165, 1.54) is 23.9 Å². The number of nitriles is 1. The number of rotatable bonds is 3. The molecule has 0 aliphatic rings. The molecule has 0 aliphatic heterocycles. The average molecular weight is 393 g/mol. The van der Waals surface area contributed by atoms with E-state index in [2.05, 4.69) is 5.32 Å². The lowest BCUT2D eigenvalue weighted by Crippen LogP contribution is -2.15. The molecule has 0 saturated heterocycles. The Bertz CT molecular complexity index is 1180. The van der Waals surface area contributed by atoms with E-state index < -0.39 is 28.8 Å². The SMILES string of the molecule is CNc1cc2c(cc1F)c(=O)c(C#N)cn2Cc1ccc(C(F)(F)F)cc1F. The molecule has 0 amide bonds. The second-order valence-corrected chi connectivity index (χ2v) is 6.01. The molecular weight excluding hydrogens is 381 g/mol. The van der Waals surface area contributed by atoms with Gasteiger partial charge < -0.3 is 9.88 Å². The summed E-state index contributed by atoms with van der Waals surface area (Å²) in [7, 11) is 1.46. The number of benzene rings is 2. The van der Waals surface area contributed by atoms with Crippen LogP contribution in [0, 0.1) is 23.0 Å². The van der Waals surface area contributed by atoms with Crippen molar-refractivity contribution in [3.8, 4) is 6.07 Å². The second-order valence-electron chi connectivity index (χ2n) is 6.01. The van der Waals surface area contributed by atoms with Gasteiger partial charge in [0.15, 0.2) is 0 Å². The number of nitrogens with zero attached hydrogens (tertiary/aromatic N) is 2. The monoisotopic (exact) mass is 393 g/mol. The van der Waals surface area contributed by atoms with Crippen LogP contribution in [-0.2, 0) is 12.7 Å². The minimum atomic E-state index is -4.68. The Labute approximate surface area is 155 Å². The summed E-state index contributed by atoms with van der Waals surface area (Å²) in [6.07, 6.45) is -3.52. The van der Waals surface area contributed by atoms with Crippen LogP contribution in [0.25, 0.3) is 10.9 Å². The van der Waals surface area contributed by atoms with Crippen molar-refractivity contribution in [2.45, 2.75) is 12.7 Å². The molecule has 1 N–H and O–H groups in total. The summed E-state index contributed by atoms with van der Waals surface area (Å²) in [5.41, 5.74) is -1.93. The summed E-state index contributed by atoms with van der Waals surface area (Å²) in [6, 6.07) is 6.07. The van der Waals surface area contributed by atoms with E-state index in [1.807, 2.05) is 0 Å². The molecule has 0 atom stereocenters. The van der Waals surface area contributed by atoms with Crippen LogP contribution >= 0.6 is 0 Å². The highest BCUT2D eigenvalue weighted by atomic mass is 19.4. The molecule has 3 rings (SSSR count). The van der Waals surface area contributed by atoms with Crippen molar-refractivity contribution in [2.75, 3.05) is 12.4 Å². The molecule has 4 nitrogen and oxygen atoms in total. The fourth-order valence-corrected chi connectivity index (χ4v) is 2.85. The van der Waals surface area contributed by atoms with E-state index >= 15 is 0 Å². The van der Waals surface area contributed by atoms with Crippen LogP contribution in [0.4, 0.5) is 27.6 Å². The zero-order valence-corrected chi connectivity index (χ0v) is 14.4. The molecule has 0 unspecified atom stereocenters. The maximum Gasteiger partial charge on any atom is 0.416 e. The van der Waals surface area contributed by atoms with Gasteiger partial charge in [0.1, 0.15) is 23.3 Å². The Kier molecular flexibility index (Phi) is 4.81. The zero-order valence-electron chi connectivity index (χ0n) is 14.4. The predicted molar refractivity (Wildman–Crippen MR) is 92.9 cm³/mol. The third-order valence-electron chi connectivity index (χ3n) is 4.28. The van der Waals surface area contributed by atoms with Gasteiger partial charge in [0, 0.05) is 18.8 Å². The van der Waals surface area contributed by atoms with E-state index in [9.17, 15) is 26.7 Å². The van der Waals surface area contributed by atoms with Crippen LogP contribution < -0.4 is 10.7 Å². The van der Waals surface area contributed by atoms with Crippen molar-refractivity contribution in [3.05, 3.63) is 75.1 Å². The van der Waals surface area contributed by atoms with Gasteiger partial charge in [-0.2, -0.15) is 18.4 Å². The fraction of sp³-hybridized carbons (Fsp3) is 0.158. The highest BCUT2D eigenvalue weighted by Crippen LogP contribution is 2.30. The number of halogens is 5. The molecule has 1 heterocycles. The smallest absolute Gasteiger partial charge is 0.386 e. The number of hydrogen-bond donors (Lipinski definition) is 1. The number of aromatic nitrogens is 1. The fourth-order valence-electron chi connectivity index (χ4n) is 2.85. The first kappa shape index (κ1) is 19.4. The third kappa shape index (κ3) is 3.41. The van der Waals surface area contributed by atoms with Gasteiger partial charge in [-0.15, -0.1) is 0 Å². The topological polar surface area (TPSA) is 57.8 Å². The Balaban J connectivity index is 2.19. The number of anilines is 1. The summed E-state index contributed by atoms with van der Waals surface area (Å²) in [5, 5.41) is 11.7. The quantitative estimate of drug-likeness (QED) is 0.677. The normalized spacial score (nSPS) is 11.5. The van der Waals surface area contributed by atoms with Crippen molar-refractivity contribution >= 4 is 16.6 Å². The molecule has 0 aliphatic carbocycles. The van der Waals surface area contributed by atoms with Gasteiger partial charge in [0.2, 0.25) is 5.43 Å². The lowest BCUT2D eigenvalue weighted by atomic mass is 10.1. The van der Waals surface area contributed by atoms with Crippen molar-refractivity contribution in [1.29, 1.82) is 5.26 Å². The van der Waals surface area contributed by atoms with E-state index in [0.29, 0.717) is 6.07 Å². The van der Waals surface area contributed by atoms with Gasteiger partial charge in [0.25, 0.3) is 0 Å². The highest BCUT2D eigenvalue weighted by Gasteiger charge is 2.31. The van der Waals surface area contributed by atoms with Crippen LogP contribution in [0.3, 0.4) is 0 Å². The molecule has 144 valence electrons. The number of pyridine rings is 1. The zero-order chi connectivity index (χ0) is 20.6. The summed E-state index contributed by atoms with van der Waals surface area (Å²) < 4.78 is 67.7. The van der Waals surface area contributed by atoms with E-state index in [0.717, 1.165) is 18.2 Å². The number of alkyl halides is 3. The minimum absolute atomic E-state index is 0.0678. The highest BCUT2D eigenvalue weighted by molar-refractivity contribution is 5.84. The van der Waals surface area contributed by atoms with Crippen LogP contribution in [0.2, 0.25) is 0 Å². The van der Waals surface area contributed by atoms with Gasteiger partial charge in [0.05, 0.1) is 28.7 Å². The molecule has 3 aromatic rings. The van der Waals surface area contributed by atoms with E-state index in [-0.39, 0.29) is 34.3 Å². The van der Waals surface area contributed by atoms with Gasteiger partial charge in [-0.1, -0.05) is 6.07 Å². The number of fused-ring (bicyclic) bond motifs is 1. The standard InChI is InChI=1S/C19H12F5N3O/c1-26-16-6-17-13(5-15(16)21)18(28)11(7-25)9-27(17)8-10-2-3-12(4-14(10)20)19(22,23)24/h2-6,9,26H,8H2,1H3. The largest absolute Gasteiger partial charge is 0.416 e. The summed E-state index contributed by atoms with van der Waals surface area (Å²) in [6.45, 7) is -0.260. The van der Waals surface area contributed by atoms with Crippen LogP contribution in [-0.4, -0.2) is 11.6 Å². The van der Waals surface area contributed by atoms with Gasteiger partial charge in [-0.05, 0) is 24.3 Å². The van der Waals surface area contributed by atoms with Gasteiger partial charge in [-0.3, -0.25) is 4.79 Å². The summed E-state index contributed by atoms with van der Waals surface area (Å²) >= 11 is 0. The second kappa shape index (κ2) is 6.96. The Hall–Kier alpha value is -3.41. The van der Waals surface area contributed by atoms with Crippen molar-refractivity contribution in [2.24, 2.45) is 0 Å². The van der Waals surface area contributed by atoms with E-state index in [1.54, 1.807) is 6.07 Å².